The Kier molecular flexibility index (Phi) is 4.56. The normalized spacial score (nSPS) is 23.1. The molecule has 0 aromatic heterocycles. The summed E-state index contributed by atoms with van der Waals surface area (Å²) in [6.45, 7) is 10.8. The van der Waals surface area contributed by atoms with Crippen molar-refractivity contribution in [2.75, 3.05) is 32.8 Å². The largest absolute Gasteiger partial charge is 0.448 e. The van der Waals surface area contributed by atoms with Crippen LogP contribution in [0, 0.1) is 5.41 Å². The van der Waals surface area contributed by atoms with Gasteiger partial charge in [-0.05, 0) is 5.41 Å². The van der Waals surface area contributed by atoms with E-state index >= 15 is 0 Å². The predicted octanol–water partition coefficient (Wildman–Crippen LogP) is 0.402. The number of rotatable bonds is 3. The highest BCUT2D eigenvalue weighted by atomic mass is 16.5. The maximum absolute atomic E-state index is 10.5. The molecule has 1 atom stereocenters. The second-order valence-corrected chi connectivity index (χ2v) is 5.29. The van der Waals surface area contributed by atoms with Gasteiger partial charge in [-0.3, -0.25) is 4.90 Å². The van der Waals surface area contributed by atoms with Gasteiger partial charge < -0.3 is 15.8 Å². The molecular weight excluding hydrogens is 206 g/mol. The molecule has 0 aromatic rings. The molecule has 0 aliphatic carbocycles. The average molecular weight is 229 g/mol. The zero-order chi connectivity index (χ0) is 12.2. The molecular formula is C11H23N3O2. The van der Waals surface area contributed by atoms with Gasteiger partial charge in [0.25, 0.3) is 0 Å². The summed E-state index contributed by atoms with van der Waals surface area (Å²) in [5.41, 5.74) is 5.16. The van der Waals surface area contributed by atoms with E-state index in [1.165, 1.54) is 0 Å². The van der Waals surface area contributed by atoms with Gasteiger partial charge in [-0.25, -0.2) is 4.79 Å². The Labute approximate surface area is 97.3 Å². The van der Waals surface area contributed by atoms with Gasteiger partial charge in [0.1, 0.15) is 6.61 Å². The number of nitrogens with one attached hydrogen (secondary N) is 1. The predicted molar refractivity (Wildman–Crippen MR) is 63.2 cm³/mol. The quantitative estimate of drug-likeness (QED) is 0.735. The van der Waals surface area contributed by atoms with E-state index in [-0.39, 0.29) is 5.41 Å². The highest BCUT2D eigenvalue weighted by Crippen LogP contribution is 2.25. The van der Waals surface area contributed by atoms with Crippen molar-refractivity contribution in [3.8, 4) is 0 Å². The number of hydrogen-bond donors (Lipinski definition) is 2. The Balaban J connectivity index is 2.44. The molecule has 1 heterocycles. The van der Waals surface area contributed by atoms with Crippen molar-refractivity contribution in [3.63, 3.8) is 0 Å². The van der Waals surface area contributed by atoms with Crippen molar-refractivity contribution in [3.05, 3.63) is 0 Å². The second kappa shape index (κ2) is 5.50. The molecule has 1 unspecified atom stereocenters. The van der Waals surface area contributed by atoms with Crippen LogP contribution in [-0.4, -0.2) is 49.8 Å². The molecule has 0 bridgehead atoms. The van der Waals surface area contributed by atoms with E-state index in [2.05, 4.69) is 31.0 Å². The van der Waals surface area contributed by atoms with Crippen LogP contribution in [0.3, 0.4) is 0 Å². The minimum absolute atomic E-state index is 0.222. The first-order valence-electron chi connectivity index (χ1n) is 5.78. The highest BCUT2D eigenvalue weighted by molar-refractivity contribution is 5.64. The summed E-state index contributed by atoms with van der Waals surface area (Å²) in [6.07, 6.45) is -0.692. The van der Waals surface area contributed by atoms with Crippen LogP contribution in [0.1, 0.15) is 20.8 Å². The summed E-state index contributed by atoms with van der Waals surface area (Å²) in [4.78, 5) is 12.8. The average Bonchev–Trinajstić information content (AvgIpc) is 2.16. The Morgan fingerprint density at radius 3 is 2.81 bits per heavy atom. The second-order valence-electron chi connectivity index (χ2n) is 5.29. The molecule has 1 rings (SSSR count). The van der Waals surface area contributed by atoms with Crippen LogP contribution < -0.4 is 11.1 Å². The lowest BCUT2D eigenvalue weighted by atomic mass is 9.84. The Morgan fingerprint density at radius 1 is 1.56 bits per heavy atom. The molecule has 5 heteroatoms. The van der Waals surface area contributed by atoms with Crippen LogP contribution in [0.15, 0.2) is 0 Å². The van der Waals surface area contributed by atoms with Gasteiger partial charge in [-0.15, -0.1) is 0 Å². The number of nitrogens with two attached hydrogens (primary N) is 1. The monoisotopic (exact) mass is 229 g/mol. The van der Waals surface area contributed by atoms with Crippen LogP contribution in [0.5, 0.6) is 0 Å². The lowest BCUT2D eigenvalue weighted by Gasteiger charge is -2.43. The molecule has 1 saturated heterocycles. The molecule has 1 fully saturated rings. The van der Waals surface area contributed by atoms with E-state index in [1.54, 1.807) is 0 Å². The van der Waals surface area contributed by atoms with E-state index in [9.17, 15) is 4.79 Å². The minimum Gasteiger partial charge on any atom is -0.448 e. The number of carbonyl (C=O) groups excluding carboxylic acids is 1. The summed E-state index contributed by atoms with van der Waals surface area (Å²) in [5, 5.41) is 3.40. The van der Waals surface area contributed by atoms with E-state index in [4.69, 9.17) is 10.5 Å². The van der Waals surface area contributed by atoms with E-state index in [0.717, 1.165) is 26.2 Å². The fraction of sp³-hybridized carbons (Fsp3) is 0.909. The van der Waals surface area contributed by atoms with Crippen LogP contribution in [0.2, 0.25) is 0 Å². The van der Waals surface area contributed by atoms with Crippen molar-refractivity contribution in [2.24, 2.45) is 11.1 Å². The smallest absolute Gasteiger partial charge is 0.404 e. The maximum Gasteiger partial charge on any atom is 0.404 e. The first-order valence-corrected chi connectivity index (χ1v) is 5.78. The van der Waals surface area contributed by atoms with Gasteiger partial charge in [0.15, 0.2) is 0 Å². The lowest BCUT2D eigenvalue weighted by Crippen LogP contribution is -2.57. The number of ether oxygens (including phenoxy) is 1. The standard InChI is InChI=1S/C11H23N3O2/c1-11(2,3)9-8-13-4-5-14(9)6-7-16-10(12)15/h9,13H,4-8H2,1-3H3,(H2,12,15). The van der Waals surface area contributed by atoms with Crippen molar-refractivity contribution in [1.82, 2.24) is 10.2 Å². The number of carbonyl (C=O) groups is 1. The SMILES string of the molecule is CC(C)(C)C1CNCCN1CCOC(N)=O. The molecule has 0 spiro atoms. The molecule has 3 N–H and O–H groups in total. The van der Waals surface area contributed by atoms with Crippen LogP contribution >= 0.6 is 0 Å². The van der Waals surface area contributed by atoms with Crippen LogP contribution in [0.25, 0.3) is 0 Å². The highest BCUT2D eigenvalue weighted by Gasteiger charge is 2.31. The summed E-state index contributed by atoms with van der Waals surface area (Å²) in [6, 6.07) is 0.470. The molecule has 94 valence electrons. The zero-order valence-electron chi connectivity index (χ0n) is 10.5. The van der Waals surface area contributed by atoms with Crippen LogP contribution in [-0.2, 0) is 4.74 Å². The fourth-order valence-electron chi connectivity index (χ4n) is 2.13. The number of hydrogen-bond acceptors (Lipinski definition) is 4. The third kappa shape index (κ3) is 3.98. The molecule has 5 nitrogen and oxygen atoms in total. The van der Waals surface area contributed by atoms with Gasteiger partial charge in [-0.2, -0.15) is 0 Å². The number of primary amides is 1. The summed E-state index contributed by atoms with van der Waals surface area (Å²) < 4.78 is 4.78. The van der Waals surface area contributed by atoms with E-state index < -0.39 is 6.09 Å². The molecule has 1 amide bonds. The van der Waals surface area contributed by atoms with Gasteiger partial charge in [0.2, 0.25) is 0 Å². The summed E-state index contributed by atoms with van der Waals surface area (Å²) in [5.74, 6) is 0. The lowest BCUT2D eigenvalue weighted by molar-refractivity contribution is 0.0544. The first-order chi connectivity index (χ1) is 7.41. The number of piperazine rings is 1. The molecule has 0 aromatic carbocycles. The first kappa shape index (κ1) is 13.3. The molecule has 1 aliphatic heterocycles. The molecule has 1 aliphatic rings. The Morgan fingerprint density at radius 2 is 2.25 bits per heavy atom. The molecule has 0 saturated carbocycles. The Hall–Kier alpha value is -0.810. The van der Waals surface area contributed by atoms with Crippen molar-refractivity contribution < 1.29 is 9.53 Å². The van der Waals surface area contributed by atoms with Gasteiger partial charge >= 0.3 is 6.09 Å². The summed E-state index contributed by atoms with van der Waals surface area (Å²) in [7, 11) is 0. The third-order valence-electron chi connectivity index (χ3n) is 2.98. The van der Waals surface area contributed by atoms with Gasteiger partial charge in [-0.1, -0.05) is 20.8 Å². The van der Waals surface area contributed by atoms with Gasteiger partial charge in [0.05, 0.1) is 0 Å². The number of amides is 1. The van der Waals surface area contributed by atoms with Gasteiger partial charge in [0, 0.05) is 32.2 Å². The summed E-state index contributed by atoms with van der Waals surface area (Å²) >= 11 is 0. The van der Waals surface area contributed by atoms with Crippen molar-refractivity contribution in [2.45, 2.75) is 26.8 Å². The number of nitrogens with zero attached hydrogens (tertiary/aromatic N) is 1. The fourth-order valence-corrected chi connectivity index (χ4v) is 2.13. The van der Waals surface area contributed by atoms with E-state index in [1.807, 2.05) is 0 Å². The zero-order valence-corrected chi connectivity index (χ0v) is 10.5. The van der Waals surface area contributed by atoms with Crippen molar-refractivity contribution >= 4 is 6.09 Å². The molecule has 16 heavy (non-hydrogen) atoms. The maximum atomic E-state index is 10.5. The van der Waals surface area contributed by atoms with Crippen LogP contribution in [0.4, 0.5) is 4.79 Å². The Bertz CT molecular complexity index is 238. The minimum atomic E-state index is -0.692. The third-order valence-corrected chi connectivity index (χ3v) is 2.98. The van der Waals surface area contributed by atoms with Crippen molar-refractivity contribution in [1.29, 1.82) is 0 Å². The molecule has 0 radical (unpaired) electrons. The van der Waals surface area contributed by atoms with E-state index in [0.29, 0.717) is 12.6 Å². The topological polar surface area (TPSA) is 67.6 Å².